The van der Waals surface area contributed by atoms with Crippen molar-refractivity contribution in [1.29, 1.82) is 0 Å². The van der Waals surface area contributed by atoms with Crippen molar-refractivity contribution in [2.24, 2.45) is 0 Å². The summed E-state index contributed by atoms with van der Waals surface area (Å²) in [5.74, 6) is 0. The van der Waals surface area contributed by atoms with E-state index in [4.69, 9.17) is 0 Å². The predicted octanol–water partition coefficient (Wildman–Crippen LogP) is -0.399. The van der Waals surface area contributed by atoms with Crippen molar-refractivity contribution in [3.8, 4) is 0 Å². The normalized spacial score (nSPS) is 12.8. The molecule has 0 fully saturated rings. The second kappa shape index (κ2) is 4.56. The molecule has 0 aliphatic rings. The second-order valence-corrected chi connectivity index (χ2v) is 3.68. The van der Waals surface area contributed by atoms with Crippen LogP contribution in [0.1, 0.15) is 5.56 Å². The van der Waals surface area contributed by atoms with Gasteiger partial charge in [-0.1, -0.05) is 15.9 Å². The van der Waals surface area contributed by atoms with Gasteiger partial charge in [0.05, 0.1) is 12.6 Å². The molecule has 1 rings (SSSR count). The van der Waals surface area contributed by atoms with E-state index in [1.54, 1.807) is 6.92 Å². The number of H-pyrrole nitrogens is 1. The van der Waals surface area contributed by atoms with Gasteiger partial charge in [0.2, 0.25) is 0 Å². The topological polar surface area (TPSA) is 75.1 Å². The molecule has 0 radical (unpaired) electrons. The maximum absolute atomic E-state index is 11.2. The molecule has 1 atom stereocenters. The molecular weight excluding hydrogens is 252 g/mol. The lowest BCUT2D eigenvalue weighted by atomic mass is 10.3. The average Bonchev–Trinajstić information content (AvgIpc) is 2.14. The highest BCUT2D eigenvalue weighted by Crippen LogP contribution is 1.93. The van der Waals surface area contributed by atoms with Gasteiger partial charge in [-0.2, -0.15) is 0 Å². The Kier molecular flexibility index (Phi) is 3.65. The SMILES string of the molecule is Cc1cn(CC(O)CBr)c(=O)[nH]c1=O. The summed E-state index contributed by atoms with van der Waals surface area (Å²) in [4.78, 5) is 24.4. The Morgan fingerprint density at radius 3 is 2.86 bits per heavy atom. The minimum Gasteiger partial charge on any atom is -0.390 e. The molecule has 0 bridgehead atoms. The van der Waals surface area contributed by atoms with Crippen LogP contribution >= 0.6 is 15.9 Å². The lowest BCUT2D eigenvalue weighted by molar-refractivity contribution is 0.177. The number of hydrogen-bond acceptors (Lipinski definition) is 3. The van der Waals surface area contributed by atoms with Crippen LogP contribution in [-0.2, 0) is 6.54 Å². The van der Waals surface area contributed by atoms with Crippen LogP contribution in [0.25, 0.3) is 0 Å². The van der Waals surface area contributed by atoms with Crippen LogP contribution in [0.5, 0.6) is 0 Å². The van der Waals surface area contributed by atoms with E-state index in [0.717, 1.165) is 0 Å². The summed E-state index contributed by atoms with van der Waals surface area (Å²) >= 11 is 3.09. The monoisotopic (exact) mass is 262 g/mol. The smallest absolute Gasteiger partial charge is 0.328 e. The molecule has 0 spiro atoms. The van der Waals surface area contributed by atoms with Crippen molar-refractivity contribution >= 4 is 15.9 Å². The zero-order chi connectivity index (χ0) is 10.7. The summed E-state index contributed by atoms with van der Waals surface area (Å²) < 4.78 is 1.28. The Morgan fingerprint density at radius 2 is 2.29 bits per heavy atom. The van der Waals surface area contributed by atoms with Crippen LogP contribution in [0.15, 0.2) is 15.8 Å². The van der Waals surface area contributed by atoms with Crippen LogP contribution in [0, 0.1) is 6.92 Å². The molecule has 0 aromatic carbocycles. The third kappa shape index (κ3) is 2.55. The maximum Gasteiger partial charge on any atom is 0.328 e. The van der Waals surface area contributed by atoms with Crippen LogP contribution in [-0.4, -0.2) is 26.1 Å². The molecule has 2 N–H and O–H groups in total. The van der Waals surface area contributed by atoms with Gasteiger partial charge in [-0.05, 0) is 6.92 Å². The highest BCUT2D eigenvalue weighted by Gasteiger charge is 2.06. The van der Waals surface area contributed by atoms with Gasteiger partial charge in [0.15, 0.2) is 0 Å². The van der Waals surface area contributed by atoms with Gasteiger partial charge in [0, 0.05) is 17.1 Å². The van der Waals surface area contributed by atoms with E-state index in [-0.39, 0.29) is 12.1 Å². The number of hydrogen-bond donors (Lipinski definition) is 2. The van der Waals surface area contributed by atoms with E-state index in [2.05, 4.69) is 20.9 Å². The zero-order valence-corrected chi connectivity index (χ0v) is 9.24. The van der Waals surface area contributed by atoms with Crippen LogP contribution in [0.2, 0.25) is 0 Å². The summed E-state index contributed by atoms with van der Waals surface area (Å²) in [5.41, 5.74) is -0.438. The molecule has 1 aromatic rings. The molecule has 0 aliphatic carbocycles. The zero-order valence-electron chi connectivity index (χ0n) is 7.66. The molecule has 0 saturated carbocycles. The first-order chi connectivity index (χ1) is 6.54. The highest BCUT2D eigenvalue weighted by molar-refractivity contribution is 9.09. The number of rotatable bonds is 3. The second-order valence-electron chi connectivity index (χ2n) is 3.03. The molecule has 0 amide bonds. The Hall–Kier alpha value is -0.880. The predicted molar refractivity (Wildman–Crippen MR) is 55.9 cm³/mol. The standard InChI is InChI=1S/C8H11BrN2O3/c1-5-3-11(4-6(12)2-9)8(14)10-7(5)13/h3,6,12H,2,4H2,1H3,(H,10,13,14). The molecule has 5 nitrogen and oxygen atoms in total. The van der Waals surface area contributed by atoms with Crippen LogP contribution < -0.4 is 11.2 Å². The van der Waals surface area contributed by atoms with Crippen molar-refractivity contribution < 1.29 is 5.11 Å². The molecule has 1 aromatic heterocycles. The first kappa shape index (κ1) is 11.2. The quantitative estimate of drug-likeness (QED) is 0.729. The molecular formula is C8H11BrN2O3. The summed E-state index contributed by atoms with van der Waals surface area (Å²) in [6, 6.07) is 0. The fourth-order valence-corrected chi connectivity index (χ4v) is 1.23. The number of halogens is 1. The Balaban J connectivity index is 3.04. The first-order valence-corrected chi connectivity index (χ1v) is 5.21. The molecule has 1 unspecified atom stereocenters. The summed E-state index contributed by atoms with van der Waals surface area (Å²) in [6.07, 6.45) is 0.797. The fourth-order valence-electron chi connectivity index (χ4n) is 1.03. The fraction of sp³-hybridized carbons (Fsp3) is 0.500. The van der Waals surface area contributed by atoms with Crippen molar-refractivity contribution in [2.75, 3.05) is 5.33 Å². The van der Waals surface area contributed by atoms with Gasteiger partial charge >= 0.3 is 5.69 Å². The summed E-state index contributed by atoms with van der Waals surface area (Å²) in [6.45, 7) is 1.77. The number of aromatic amines is 1. The van der Waals surface area contributed by atoms with Crippen LogP contribution in [0.4, 0.5) is 0 Å². The van der Waals surface area contributed by atoms with Crippen molar-refractivity contribution in [3.63, 3.8) is 0 Å². The first-order valence-electron chi connectivity index (χ1n) is 4.09. The number of alkyl halides is 1. The average molecular weight is 263 g/mol. The van der Waals surface area contributed by atoms with Gasteiger partial charge in [0.25, 0.3) is 5.56 Å². The van der Waals surface area contributed by atoms with Crippen molar-refractivity contribution in [1.82, 2.24) is 9.55 Å². The van der Waals surface area contributed by atoms with E-state index in [1.165, 1.54) is 10.8 Å². The van der Waals surface area contributed by atoms with E-state index < -0.39 is 11.8 Å². The van der Waals surface area contributed by atoms with E-state index in [1.807, 2.05) is 0 Å². The van der Waals surface area contributed by atoms with Gasteiger partial charge in [-0.25, -0.2) is 4.79 Å². The molecule has 14 heavy (non-hydrogen) atoms. The number of aliphatic hydroxyl groups is 1. The van der Waals surface area contributed by atoms with Gasteiger partial charge < -0.3 is 5.11 Å². The van der Waals surface area contributed by atoms with E-state index in [9.17, 15) is 14.7 Å². The minimum absolute atomic E-state index is 0.168. The maximum atomic E-state index is 11.2. The Labute approximate surface area is 88.5 Å². The number of nitrogens with one attached hydrogen (secondary N) is 1. The Morgan fingerprint density at radius 1 is 1.64 bits per heavy atom. The number of aromatic nitrogens is 2. The van der Waals surface area contributed by atoms with Crippen molar-refractivity contribution in [3.05, 3.63) is 32.6 Å². The number of nitrogens with zero attached hydrogens (tertiary/aromatic N) is 1. The van der Waals surface area contributed by atoms with Gasteiger partial charge in [-0.3, -0.25) is 14.3 Å². The van der Waals surface area contributed by atoms with Gasteiger partial charge in [0.1, 0.15) is 0 Å². The highest BCUT2D eigenvalue weighted by atomic mass is 79.9. The molecule has 1 heterocycles. The third-order valence-corrected chi connectivity index (χ3v) is 2.52. The summed E-state index contributed by atoms with van der Waals surface area (Å²) in [7, 11) is 0. The number of aliphatic hydroxyl groups excluding tert-OH is 1. The molecule has 0 aliphatic heterocycles. The molecule has 78 valence electrons. The Bertz CT molecular complexity index is 423. The lowest BCUT2D eigenvalue weighted by Crippen LogP contribution is -2.34. The van der Waals surface area contributed by atoms with E-state index in [0.29, 0.717) is 10.9 Å². The molecule has 6 heteroatoms. The molecule has 0 saturated heterocycles. The largest absolute Gasteiger partial charge is 0.390 e. The third-order valence-electron chi connectivity index (χ3n) is 1.77. The van der Waals surface area contributed by atoms with Crippen LogP contribution in [0.3, 0.4) is 0 Å². The van der Waals surface area contributed by atoms with Crippen molar-refractivity contribution in [2.45, 2.75) is 19.6 Å². The van der Waals surface area contributed by atoms with Gasteiger partial charge in [-0.15, -0.1) is 0 Å². The minimum atomic E-state index is -0.641. The lowest BCUT2D eigenvalue weighted by Gasteiger charge is -2.09. The number of aryl methyl sites for hydroxylation is 1. The summed E-state index contributed by atoms with van der Waals surface area (Å²) in [5, 5.41) is 9.68. The van der Waals surface area contributed by atoms with E-state index >= 15 is 0 Å².